The molecule has 12 aromatic carbocycles. The number of fused-ring (bicyclic) bond motifs is 12. The fourth-order valence-electron chi connectivity index (χ4n) is 17.1. The first kappa shape index (κ1) is 74.2. The van der Waals surface area contributed by atoms with E-state index >= 15 is 0 Å². The Morgan fingerprint density at radius 3 is 0.967 bits per heavy atom. The summed E-state index contributed by atoms with van der Waals surface area (Å²) in [6, 6.07) is 88.7. The lowest BCUT2D eigenvalue weighted by molar-refractivity contribution is -0.666. The van der Waals surface area contributed by atoms with Gasteiger partial charge in [0.05, 0.1) is 48.5 Å². The van der Waals surface area contributed by atoms with Crippen LogP contribution in [0.3, 0.4) is 0 Å². The van der Waals surface area contributed by atoms with Crippen LogP contribution in [0.1, 0.15) is 54.3 Å². The average Bonchev–Trinajstić information content (AvgIpc) is 1.60. The molecule has 0 amide bonds. The molecule has 8 aromatic heterocycles. The summed E-state index contributed by atoms with van der Waals surface area (Å²) in [7, 11) is 8.06. The average molecular weight is 1570 g/mol. The van der Waals surface area contributed by atoms with Crippen LogP contribution < -0.4 is 18.3 Å². The highest BCUT2D eigenvalue weighted by molar-refractivity contribution is 6.19. The van der Waals surface area contributed by atoms with E-state index in [0.29, 0.717) is 28.3 Å². The maximum absolute atomic E-state index is 7.71. The number of furan rings is 4. The zero-order valence-electron chi connectivity index (χ0n) is 72.3. The predicted octanol–water partition coefficient (Wildman–Crippen LogP) is 28.0. The van der Waals surface area contributed by atoms with Crippen molar-refractivity contribution in [2.24, 2.45) is 28.2 Å². The van der Waals surface area contributed by atoms with Crippen molar-refractivity contribution in [3.63, 3.8) is 0 Å². The van der Waals surface area contributed by atoms with Gasteiger partial charge in [-0.2, -0.15) is 4.57 Å². The van der Waals surface area contributed by atoms with E-state index in [-0.39, 0.29) is 5.56 Å². The van der Waals surface area contributed by atoms with E-state index in [9.17, 15) is 0 Å². The molecule has 12 heteroatoms. The second kappa shape index (κ2) is 32.1. The van der Waals surface area contributed by atoms with Gasteiger partial charge in [-0.25, -0.2) is 33.1 Å². The third kappa shape index (κ3) is 13.8. The number of nitrogens with zero attached hydrogens (tertiary/aromatic N) is 8. The number of aryl methyl sites for hydroxylation is 11. The second-order valence-electron chi connectivity index (χ2n) is 31.0. The van der Waals surface area contributed by atoms with Crippen molar-refractivity contribution < 1.29 is 40.0 Å². The number of rotatable bonds is 8. The van der Waals surface area contributed by atoms with Gasteiger partial charge < -0.3 is 17.7 Å². The fraction of sp³-hybridized carbons (Fsp3) is 0.119. The van der Waals surface area contributed by atoms with Crippen LogP contribution in [-0.2, 0) is 28.2 Å². The van der Waals surface area contributed by atoms with Crippen molar-refractivity contribution in [2.75, 3.05) is 0 Å². The molecule has 121 heavy (non-hydrogen) atoms. The Morgan fingerprint density at radius 1 is 0.273 bits per heavy atom. The van der Waals surface area contributed by atoms with E-state index in [1.54, 1.807) is 12.3 Å². The Kier molecular flexibility index (Phi) is 19.7. The first-order valence-corrected chi connectivity index (χ1v) is 40.0. The standard InChI is InChI=1S/C28H23N2O.3C27H21N2O/c1-17-15-16-30(5)26(19(17)3)24-18(2)11-12-21-22-13-14-23(29-4)25(28(22)31-27(21)24)20-9-7-6-8-10-20;1-17-13-14-20-21-15-16-22(28-3)25(19-10-6-5-7-11-19)27(21)30-26(20)24(17)23-12-8-9-18(2)29(23)4;1-17-10-15-23(29(4)16-17)24-18(2)11-12-20-21-13-14-22(28-3)25(27(21)30-26(20)24)19-8-6-5-7-9-19;1-17-14-15-29(4)23(16-17)24-18(2)10-11-20-21-12-13-22(28-3)25(27(21)30-26(20)24)19-8-6-5-7-9-19/h6-16H,1-3,5H3;3*5-16H,1-2,4H3/q4*+1/i;;1D3;. The number of pyridine rings is 4. The van der Waals surface area contributed by atoms with Gasteiger partial charge in [-0.15, -0.1) is 0 Å². The Bertz CT molecular complexity index is 7730. The molecule has 0 unspecified atom stereocenters. The van der Waals surface area contributed by atoms with Gasteiger partial charge in [0.15, 0.2) is 47.0 Å². The molecule has 8 heterocycles. The van der Waals surface area contributed by atoms with Crippen LogP contribution in [0.25, 0.3) is 197 Å². The molecule has 0 aliphatic rings. The molecule has 0 radical (unpaired) electrons. The monoisotopic (exact) mass is 1570 g/mol. The molecule has 0 atom stereocenters. The lowest BCUT2D eigenvalue weighted by Crippen LogP contribution is -2.34. The number of aromatic nitrogens is 4. The maximum atomic E-state index is 7.71. The molecule has 582 valence electrons. The minimum absolute atomic E-state index is 0.288. The molecule has 0 fully saturated rings. The summed E-state index contributed by atoms with van der Waals surface area (Å²) in [5.41, 5.74) is 34.1. The minimum Gasteiger partial charge on any atom is -0.456 e. The van der Waals surface area contributed by atoms with Gasteiger partial charge in [-0.3, -0.25) is 0 Å². The van der Waals surface area contributed by atoms with Crippen LogP contribution in [-0.4, -0.2) is 0 Å². The molecule has 0 aliphatic heterocycles. The van der Waals surface area contributed by atoms with Gasteiger partial charge in [-0.05, 0) is 123 Å². The fourth-order valence-corrected chi connectivity index (χ4v) is 17.1. The van der Waals surface area contributed by atoms with Crippen LogP contribution in [0.15, 0.2) is 303 Å². The van der Waals surface area contributed by atoms with Crippen LogP contribution in [0.2, 0.25) is 0 Å². The van der Waals surface area contributed by atoms with Gasteiger partial charge in [0.25, 0.3) is 0 Å². The number of hydrogen-bond acceptors (Lipinski definition) is 4. The Morgan fingerprint density at radius 2 is 0.603 bits per heavy atom. The topological polar surface area (TPSA) is 85.5 Å². The van der Waals surface area contributed by atoms with Crippen LogP contribution >= 0.6 is 0 Å². The third-order valence-electron chi connectivity index (χ3n) is 23.5. The lowest BCUT2D eigenvalue weighted by Gasteiger charge is -2.09. The van der Waals surface area contributed by atoms with E-state index in [0.717, 1.165) is 188 Å². The summed E-state index contributed by atoms with van der Waals surface area (Å²) >= 11 is 0. The van der Waals surface area contributed by atoms with E-state index in [1.807, 2.05) is 201 Å². The van der Waals surface area contributed by atoms with Crippen molar-refractivity contribution in [1.29, 1.82) is 0 Å². The lowest BCUT2D eigenvalue weighted by atomic mass is 9.95. The van der Waals surface area contributed by atoms with Crippen LogP contribution in [0, 0.1) is 88.5 Å². The molecule has 20 rings (SSSR count). The highest BCUT2D eigenvalue weighted by Gasteiger charge is 2.30. The summed E-state index contributed by atoms with van der Waals surface area (Å²) < 4.78 is 57.8. The Hall–Kier alpha value is -15.6. The molecule has 0 aliphatic carbocycles. The number of hydrogen-bond donors (Lipinski definition) is 0. The first-order chi connectivity index (χ1) is 60.0. The van der Waals surface area contributed by atoms with E-state index in [1.165, 1.54) is 27.9 Å². The van der Waals surface area contributed by atoms with Crippen LogP contribution in [0.4, 0.5) is 22.7 Å². The molecular weight excluding hydrogens is 1490 g/mol. The summed E-state index contributed by atoms with van der Waals surface area (Å²) in [4.78, 5) is 15.1. The van der Waals surface area contributed by atoms with Crippen molar-refractivity contribution in [3.05, 3.63) is 381 Å². The van der Waals surface area contributed by atoms with E-state index in [4.69, 9.17) is 48.1 Å². The zero-order chi connectivity index (χ0) is 86.7. The summed E-state index contributed by atoms with van der Waals surface area (Å²) in [6.45, 7) is 45.5. The molecular formula is C109H86N8O4+4. The van der Waals surface area contributed by atoms with Gasteiger partial charge >= 0.3 is 0 Å². The summed E-state index contributed by atoms with van der Waals surface area (Å²) in [5.74, 6) is 0. The molecule has 12 nitrogen and oxygen atoms in total. The Balaban J connectivity index is 0.000000117. The third-order valence-corrected chi connectivity index (χ3v) is 23.5. The van der Waals surface area contributed by atoms with Gasteiger partial charge in [0, 0.05) is 124 Å². The quantitative estimate of drug-likeness (QED) is 0.112. The molecule has 0 N–H and O–H groups in total. The molecule has 0 saturated heterocycles. The predicted molar refractivity (Wildman–Crippen MR) is 491 cm³/mol. The molecule has 0 saturated carbocycles. The normalized spacial score (nSPS) is 11.6. The second-order valence-corrected chi connectivity index (χ2v) is 31.0. The Labute approximate surface area is 707 Å². The van der Waals surface area contributed by atoms with Crippen LogP contribution in [0.5, 0.6) is 0 Å². The van der Waals surface area contributed by atoms with Crippen molar-refractivity contribution in [2.45, 2.75) is 62.2 Å². The highest BCUT2D eigenvalue weighted by Crippen LogP contribution is 2.50. The molecule has 20 aromatic rings. The first-order valence-electron chi connectivity index (χ1n) is 41.5. The van der Waals surface area contributed by atoms with Crippen molar-refractivity contribution in [1.82, 2.24) is 0 Å². The SMILES string of the molecule is [2H]C([2H])([2H])c1ccc(-c2c(C)ccc3c2oc2c(-c4ccccc4)c([N+]#[C-])ccc23)[n+](C)c1.[C-]#[N+]c1ccc2c(oc3c(-c4c(C)c(C)cc[n+]4C)c(C)ccc32)c1-c1ccccc1.[C-]#[N+]c1ccc2c(oc3c(-c4cc(C)cc[n+]4C)c(C)ccc32)c1-c1ccccc1.[C-]#[N+]c1ccc2c(oc3c(-c4cccc(C)[n+]4C)c(C)ccc32)c1-c1ccccc1. The van der Waals surface area contributed by atoms with E-state index in [2.05, 4.69) is 194 Å². The van der Waals surface area contributed by atoms with Gasteiger partial charge in [0.2, 0.25) is 22.8 Å². The van der Waals surface area contributed by atoms with Gasteiger partial charge in [-0.1, -0.05) is 218 Å². The van der Waals surface area contributed by atoms with Crippen molar-refractivity contribution >= 4 is 111 Å². The summed E-state index contributed by atoms with van der Waals surface area (Å²) in [6.07, 6.45) is 5.83. The maximum Gasteiger partial charge on any atom is 0.219 e. The highest BCUT2D eigenvalue weighted by atomic mass is 16.3. The van der Waals surface area contributed by atoms with Crippen molar-refractivity contribution in [3.8, 4) is 89.5 Å². The molecule has 0 spiro atoms. The largest absolute Gasteiger partial charge is 0.456 e. The van der Waals surface area contributed by atoms with Gasteiger partial charge in [0.1, 0.15) is 72.9 Å². The van der Waals surface area contributed by atoms with E-state index < -0.39 is 6.85 Å². The molecule has 0 bridgehead atoms. The minimum atomic E-state index is -2.17. The number of benzene rings is 12. The zero-order valence-corrected chi connectivity index (χ0v) is 69.3. The summed E-state index contributed by atoms with van der Waals surface area (Å²) in [5, 5.41) is 8.22. The smallest absolute Gasteiger partial charge is 0.219 e.